The first-order valence-electron chi connectivity index (χ1n) is 11.8. The van der Waals surface area contributed by atoms with Crippen LogP contribution in [-0.4, -0.2) is 77.0 Å². The zero-order chi connectivity index (χ0) is 29.1. The number of carbonyl (C=O) groups is 2. The largest absolute Gasteiger partial charge is 0.481 e. The molecule has 0 aromatic heterocycles. The third kappa shape index (κ3) is 11.1. The Morgan fingerprint density at radius 2 is 1.50 bits per heavy atom. The summed E-state index contributed by atoms with van der Waals surface area (Å²) in [6.07, 6.45) is -1.68. The first-order chi connectivity index (χ1) is 15.7. The minimum Gasteiger partial charge on any atom is -0.481 e. The fourth-order valence-corrected chi connectivity index (χ4v) is 7.75. The van der Waals surface area contributed by atoms with Crippen LogP contribution in [0.15, 0.2) is 0 Å². The minimum atomic E-state index is -4.42. The lowest BCUT2D eigenvalue weighted by molar-refractivity contribution is -0.264. The maximum Gasteiger partial charge on any atom is 0.309 e. The van der Waals surface area contributed by atoms with E-state index < -0.39 is 68.9 Å². The number of hydroxylamine groups is 2. The van der Waals surface area contributed by atoms with Crippen molar-refractivity contribution in [3.05, 3.63) is 0 Å². The van der Waals surface area contributed by atoms with Crippen LogP contribution in [0.2, 0.25) is 0 Å². The van der Waals surface area contributed by atoms with Crippen molar-refractivity contribution in [3.8, 4) is 0 Å². The van der Waals surface area contributed by atoms with E-state index >= 15 is 0 Å². The molecule has 3 N–H and O–H groups in total. The summed E-state index contributed by atoms with van der Waals surface area (Å²) in [4.78, 5) is 31.6. The molecule has 0 saturated heterocycles. The Hall–Kier alpha value is -1.04. The van der Waals surface area contributed by atoms with E-state index in [-0.39, 0.29) is 13.0 Å². The summed E-state index contributed by atoms with van der Waals surface area (Å²) in [5.41, 5.74) is -4.25. The van der Waals surface area contributed by atoms with E-state index in [0.29, 0.717) is 0 Å². The third-order valence-electron chi connectivity index (χ3n) is 5.30. The fraction of sp³-hybridized carbons (Fsp3) is 0.913. The molecule has 0 fully saturated rings. The van der Waals surface area contributed by atoms with Gasteiger partial charge in [-0.3, -0.25) is 23.5 Å². The average molecular weight is 559 g/mol. The number of carboxylic acids is 1. The van der Waals surface area contributed by atoms with Gasteiger partial charge in [0.2, 0.25) is 7.37 Å². The summed E-state index contributed by atoms with van der Waals surface area (Å²) < 4.78 is 51.6. The Kier molecular flexibility index (Phi) is 11.4. The van der Waals surface area contributed by atoms with E-state index in [9.17, 15) is 32.2 Å². The predicted octanol–water partition coefficient (Wildman–Crippen LogP) is 3.99. The van der Waals surface area contributed by atoms with Crippen molar-refractivity contribution in [1.82, 2.24) is 10.4 Å². The highest BCUT2D eigenvalue weighted by Gasteiger charge is 2.49. The van der Waals surface area contributed by atoms with E-state index in [4.69, 9.17) is 9.36 Å². The molecule has 0 aliphatic carbocycles. The molecule has 0 aromatic rings. The molecule has 0 saturated carbocycles. The molecule has 36 heavy (non-hydrogen) atoms. The van der Waals surface area contributed by atoms with Crippen LogP contribution in [0.5, 0.6) is 0 Å². The van der Waals surface area contributed by atoms with Gasteiger partial charge in [0, 0.05) is 18.6 Å². The molecule has 0 radical (unpaired) electrons. The van der Waals surface area contributed by atoms with Crippen LogP contribution in [0, 0.1) is 10.8 Å². The smallest absolute Gasteiger partial charge is 0.309 e. The Balaban J connectivity index is 6.69. The van der Waals surface area contributed by atoms with Crippen LogP contribution in [0.4, 0.5) is 0 Å². The summed E-state index contributed by atoms with van der Waals surface area (Å²) in [5, 5.41) is 13.7. The predicted molar refractivity (Wildman–Crippen MR) is 140 cm³/mol. The molecule has 214 valence electrons. The number of rotatable bonds is 13. The molecule has 0 heterocycles. The summed E-state index contributed by atoms with van der Waals surface area (Å²) in [6, 6.07) is 0. The molecule has 13 heteroatoms. The Bertz CT molecular complexity index is 934. The van der Waals surface area contributed by atoms with Crippen LogP contribution in [0.25, 0.3) is 0 Å². The zero-order valence-electron chi connectivity index (χ0n) is 23.8. The van der Waals surface area contributed by atoms with Crippen molar-refractivity contribution in [2.45, 2.75) is 106 Å². The van der Waals surface area contributed by atoms with Gasteiger partial charge in [0.1, 0.15) is 5.78 Å². The van der Waals surface area contributed by atoms with Gasteiger partial charge in [-0.2, -0.15) is 13.5 Å². The van der Waals surface area contributed by atoms with Crippen molar-refractivity contribution < 1.29 is 41.6 Å². The van der Waals surface area contributed by atoms with Crippen molar-refractivity contribution in [2.75, 3.05) is 19.0 Å². The van der Waals surface area contributed by atoms with Crippen LogP contribution in [0.3, 0.4) is 0 Å². The number of nitrogens with zero attached hydrogens (tertiary/aromatic N) is 1. The molecule has 11 nitrogen and oxygen atoms in total. The molecule has 3 unspecified atom stereocenters. The average Bonchev–Trinajstić information content (AvgIpc) is 2.54. The minimum absolute atomic E-state index is 0.193. The normalized spacial score (nSPS) is 17.4. The fourth-order valence-electron chi connectivity index (χ4n) is 3.93. The van der Waals surface area contributed by atoms with E-state index in [1.807, 2.05) is 20.8 Å². The summed E-state index contributed by atoms with van der Waals surface area (Å²) >= 11 is 0. The van der Waals surface area contributed by atoms with Gasteiger partial charge >= 0.3 is 5.97 Å². The molecule has 0 spiro atoms. The number of carboxylic acid groups (broad SMARTS) is 1. The summed E-state index contributed by atoms with van der Waals surface area (Å²) in [5.74, 6) is -3.52. The highest BCUT2D eigenvalue weighted by Crippen LogP contribution is 2.57. The second-order valence-corrected chi connectivity index (χ2v) is 16.7. The highest BCUT2D eigenvalue weighted by molar-refractivity contribution is 7.85. The Morgan fingerprint density at radius 3 is 1.83 bits per heavy atom. The van der Waals surface area contributed by atoms with Crippen LogP contribution in [-0.2, 0) is 33.6 Å². The molecule has 0 aromatic carbocycles. The Labute approximate surface area is 216 Å². The van der Waals surface area contributed by atoms with Crippen LogP contribution in [0.1, 0.15) is 82.6 Å². The van der Waals surface area contributed by atoms with E-state index in [2.05, 4.69) is 5.32 Å². The number of aliphatic carboxylic acids is 1. The van der Waals surface area contributed by atoms with Gasteiger partial charge in [0.25, 0.3) is 16.0 Å². The van der Waals surface area contributed by atoms with Gasteiger partial charge in [-0.15, -0.1) is 0 Å². The lowest BCUT2D eigenvalue weighted by atomic mass is 9.86. The summed E-state index contributed by atoms with van der Waals surface area (Å²) in [7, 11) is -7.78. The zero-order valence-corrected chi connectivity index (χ0v) is 25.5. The molecule has 0 bridgehead atoms. The summed E-state index contributed by atoms with van der Waals surface area (Å²) in [6.45, 7) is 20.1. The second kappa shape index (κ2) is 11.8. The van der Waals surface area contributed by atoms with Gasteiger partial charge in [0.05, 0.1) is 23.3 Å². The number of amides is 1. The van der Waals surface area contributed by atoms with Crippen LogP contribution >= 0.6 is 7.37 Å². The maximum absolute atomic E-state index is 13.7. The molecule has 1 amide bonds. The number of hydrogen-bond donors (Lipinski definition) is 3. The van der Waals surface area contributed by atoms with Gasteiger partial charge in [0.15, 0.2) is 6.10 Å². The van der Waals surface area contributed by atoms with E-state index in [1.165, 1.54) is 39.4 Å². The Morgan fingerprint density at radius 1 is 1.03 bits per heavy atom. The molecule has 0 aliphatic heterocycles. The SMILES string of the molecule is CCOP(C)(=O)C(N(OC(CC(C)(C)C(=O)O)C(=O)NC(C)(C)CS(=O)(=O)O)C(C)(C)C)C(C)(C)C. The molecule has 3 atom stereocenters. The topological polar surface area (TPSA) is 160 Å². The van der Waals surface area contributed by atoms with Crippen molar-refractivity contribution in [1.29, 1.82) is 0 Å². The maximum atomic E-state index is 13.7. The molecule has 0 aliphatic rings. The van der Waals surface area contributed by atoms with Crippen molar-refractivity contribution >= 4 is 29.4 Å². The first kappa shape index (κ1) is 35.0. The monoisotopic (exact) mass is 558 g/mol. The number of carbonyl (C=O) groups excluding carboxylic acids is 1. The number of nitrogens with one attached hydrogen (secondary N) is 1. The second-order valence-electron chi connectivity index (χ2n) is 12.6. The van der Waals surface area contributed by atoms with Gasteiger partial charge in [-0.05, 0) is 60.8 Å². The van der Waals surface area contributed by atoms with Crippen molar-refractivity contribution in [2.24, 2.45) is 10.8 Å². The number of hydrogen-bond acceptors (Lipinski definition) is 8. The molecule has 0 rings (SSSR count). The van der Waals surface area contributed by atoms with Gasteiger partial charge in [-0.25, -0.2) is 0 Å². The molecular weight excluding hydrogens is 511 g/mol. The standard InChI is InChI=1S/C23H47N2O9PS/c1-13-33-35(12,29)18(20(2,3)4)25(21(5,6)7)34-16(14-22(8,9)19(27)28)17(26)24-23(10,11)15-36(30,31)32/h16,18H,13-15H2,1-12H3,(H,24,26)(H,27,28)(H,30,31,32). The lowest BCUT2D eigenvalue weighted by Crippen LogP contribution is -2.58. The van der Waals surface area contributed by atoms with Gasteiger partial charge < -0.3 is 14.9 Å². The first-order valence-corrected chi connectivity index (χ1v) is 15.6. The van der Waals surface area contributed by atoms with Crippen LogP contribution < -0.4 is 5.32 Å². The van der Waals surface area contributed by atoms with E-state index in [0.717, 1.165) is 0 Å². The molecular formula is C23H47N2O9PS. The third-order valence-corrected chi connectivity index (χ3v) is 9.03. The van der Waals surface area contributed by atoms with Gasteiger partial charge in [-0.1, -0.05) is 20.8 Å². The quantitative estimate of drug-likeness (QED) is 0.171. The lowest BCUT2D eigenvalue weighted by Gasteiger charge is -2.48. The van der Waals surface area contributed by atoms with E-state index in [1.54, 1.807) is 27.7 Å². The highest BCUT2D eigenvalue weighted by atomic mass is 32.2. The van der Waals surface area contributed by atoms with Crippen molar-refractivity contribution in [3.63, 3.8) is 0 Å².